The van der Waals surface area contributed by atoms with Gasteiger partial charge < -0.3 is 19.6 Å². The predicted octanol–water partition coefficient (Wildman–Crippen LogP) is 4.24. The Morgan fingerprint density at radius 3 is 1.94 bits per heavy atom. The standard InChI is InChI=1S/C27H37ClN6O/c1-20-7-11-32(12-8-20)25-5-6-26(30-29-25)33-13-9-22(10-14-33)27(35)34-17-15-31(16-18-34)24-19-23(28)4-3-21(24)2/h3-6,19-20,22H,7-18H2,1-2H3. The predicted molar refractivity (Wildman–Crippen MR) is 143 cm³/mol. The summed E-state index contributed by atoms with van der Waals surface area (Å²) in [6.45, 7) is 11.5. The van der Waals surface area contributed by atoms with E-state index in [0.717, 1.165) is 87.8 Å². The van der Waals surface area contributed by atoms with Crippen LogP contribution in [0.1, 0.15) is 38.2 Å². The molecule has 3 fully saturated rings. The molecule has 4 heterocycles. The van der Waals surface area contributed by atoms with E-state index < -0.39 is 0 Å². The first-order valence-corrected chi connectivity index (χ1v) is 13.5. The number of rotatable bonds is 4. The lowest BCUT2D eigenvalue weighted by molar-refractivity contribution is -0.136. The summed E-state index contributed by atoms with van der Waals surface area (Å²) in [6.07, 6.45) is 4.19. The smallest absolute Gasteiger partial charge is 0.225 e. The fourth-order valence-electron chi connectivity index (χ4n) is 5.60. The number of halogens is 1. The number of piperidine rings is 2. The molecule has 2 aromatic rings. The normalized spacial score (nSPS) is 20.4. The maximum atomic E-state index is 13.2. The molecule has 1 aromatic carbocycles. The Morgan fingerprint density at radius 2 is 1.37 bits per heavy atom. The van der Waals surface area contributed by atoms with Crippen molar-refractivity contribution >= 4 is 34.8 Å². The number of aromatic nitrogens is 2. The molecule has 0 radical (unpaired) electrons. The molecule has 0 atom stereocenters. The molecule has 0 aliphatic carbocycles. The van der Waals surface area contributed by atoms with Gasteiger partial charge in [0.1, 0.15) is 0 Å². The van der Waals surface area contributed by atoms with Crippen molar-refractivity contribution in [2.24, 2.45) is 11.8 Å². The zero-order chi connectivity index (χ0) is 24.4. The number of aryl methyl sites for hydroxylation is 1. The molecule has 0 saturated carbocycles. The SMILES string of the molecule is Cc1ccc(Cl)cc1N1CCN(C(=O)C2CCN(c3ccc(N4CCC(C)CC4)nn3)CC2)CC1. The molecule has 3 aliphatic rings. The Balaban J connectivity index is 1.10. The zero-order valence-corrected chi connectivity index (χ0v) is 21.8. The average molecular weight is 497 g/mol. The molecule has 3 aliphatic heterocycles. The van der Waals surface area contributed by atoms with Gasteiger partial charge in [0.25, 0.3) is 0 Å². The van der Waals surface area contributed by atoms with Gasteiger partial charge in [-0.1, -0.05) is 24.6 Å². The molecule has 188 valence electrons. The van der Waals surface area contributed by atoms with Crippen molar-refractivity contribution < 1.29 is 4.79 Å². The molecule has 0 N–H and O–H groups in total. The van der Waals surface area contributed by atoms with Crippen molar-refractivity contribution in [2.45, 2.75) is 39.5 Å². The van der Waals surface area contributed by atoms with Crippen LogP contribution in [0.4, 0.5) is 17.3 Å². The summed E-state index contributed by atoms with van der Waals surface area (Å²) < 4.78 is 0. The van der Waals surface area contributed by atoms with Gasteiger partial charge in [0.15, 0.2) is 11.6 Å². The third kappa shape index (κ3) is 5.50. The first kappa shape index (κ1) is 24.2. The Kier molecular flexibility index (Phi) is 7.32. The molecule has 0 spiro atoms. The summed E-state index contributed by atoms with van der Waals surface area (Å²) >= 11 is 6.22. The summed E-state index contributed by atoms with van der Waals surface area (Å²) in [5.74, 6) is 3.13. The number of hydrogen-bond donors (Lipinski definition) is 0. The van der Waals surface area contributed by atoms with Crippen LogP contribution in [0.15, 0.2) is 30.3 Å². The van der Waals surface area contributed by atoms with E-state index in [1.807, 2.05) is 12.1 Å². The van der Waals surface area contributed by atoms with E-state index in [0.29, 0.717) is 5.91 Å². The van der Waals surface area contributed by atoms with Crippen molar-refractivity contribution in [1.82, 2.24) is 15.1 Å². The molecule has 5 rings (SSSR count). The lowest BCUT2D eigenvalue weighted by Gasteiger charge is -2.40. The average Bonchev–Trinajstić information content (AvgIpc) is 2.90. The summed E-state index contributed by atoms with van der Waals surface area (Å²) in [6, 6.07) is 10.2. The molecule has 0 bridgehead atoms. The fraction of sp³-hybridized carbons (Fsp3) is 0.593. The first-order valence-electron chi connectivity index (χ1n) is 13.1. The Morgan fingerprint density at radius 1 is 0.800 bits per heavy atom. The second-order valence-electron chi connectivity index (χ2n) is 10.4. The van der Waals surface area contributed by atoms with Crippen LogP contribution < -0.4 is 14.7 Å². The molecule has 7 nitrogen and oxygen atoms in total. The number of carbonyl (C=O) groups excluding carboxylic acids is 1. The number of amides is 1. The molecular weight excluding hydrogens is 460 g/mol. The van der Waals surface area contributed by atoms with Gasteiger partial charge in [0.2, 0.25) is 5.91 Å². The first-order chi connectivity index (χ1) is 17.0. The zero-order valence-electron chi connectivity index (χ0n) is 21.0. The quantitative estimate of drug-likeness (QED) is 0.631. The fourth-order valence-corrected chi connectivity index (χ4v) is 5.76. The van der Waals surface area contributed by atoms with Gasteiger partial charge in [-0.3, -0.25) is 4.79 Å². The van der Waals surface area contributed by atoms with E-state index in [9.17, 15) is 4.79 Å². The second kappa shape index (κ2) is 10.6. The van der Waals surface area contributed by atoms with Gasteiger partial charge in [0, 0.05) is 69.0 Å². The summed E-state index contributed by atoms with van der Waals surface area (Å²) in [5.41, 5.74) is 2.41. The molecular formula is C27H37ClN6O. The van der Waals surface area contributed by atoms with Crippen molar-refractivity contribution in [2.75, 3.05) is 67.1 Å². The highest BCUT2D eigenvalue weighted by Gasteiger charge is 2.31. The largest absolute Gasteiger partial charge is 0.368 e. The maximum Gasteiger partial charge on any atom is 0.225 e. The number of nitrogens with zero attached hydrogens (tertiary/aromatic N) is 6. The van der Waals surface area contributed by atoms with E-state index in [1.165, 1.54) is 24.1 Å². The third-order valence-corrected chi connectivity index (χ3v) is 8.25. The maximum absolute atomic E-state index is 13.2. The van der Waals surface area contributed by atoms with Crippen LogP contribution >= 0.6 is 11.6 Å². The van der Waals surface area contributed by atoms with Gasteiger partial charge in [-0.25, -0.2) is 0 Å². The highest BCUT2D eigenvalue weighted by molar-refractivity contribution is 6.30. The van der Waals surface area contributed by atoms with Crippen LogP contribution in [0.25, 0.3) is 0 Å². The number of anilines is 3. The summed E-state index contributed by atoms with van der Waals surface area (Å²) in [7, 11) is 0. The van der Waals surface area contributed by atoms with Crippen LogP contribution in [0.3, 0.4) is 0 Å². The van der Waals surface area contributed by atoms with Gasteiger partial charge in [-0.15, -0.1) is 10.2 Å². The molecule has 35 heavy (non-hydrogen) atoms. The molecule has 1 amide bonds. The highest BCUT2D eigenvalue weighted by atomic mass is 35.5. The highest BCUT2D eigenvalue weighted by Crippen LogP contribution is 2.28. The van der Waals surface area contributed by atoms with Gasteiger partial charge >= 0.3 is 0 Å². The van der Waals surface area contributed by atoms with E-state index in [-0.39, 0.29) is 5.92 Å². The number of carbonyl (C=O) groups is 1. The number of piperazine rings is 1. The van der Waals surface area contributed by atoms with E-state index in [4.69, 9.17) is 11.6 Å². The van der Waals surface area contributed by atoms with Gasteiger partial charge in [0.05, 0.1) is 0 Å². The van der Waals surface area contributed by atoms with Gasteiger partial charge in [-0.05, 0) is 68.4 Å². The van der Waals surface area contributed by atoms with Crippen molar-refractivity contribution in [3.63, 3.8) is 0 Å². The van der Waals surface area contributed by atoms with Crippen molar-refractivity contribution in [3.8, 4) is 0 Å². The number of hydrogen-bond acceptors (Lipinski definition) is 6. The lowest BCUT2D eigenvalue weighted by Crippen LogP contribution is -2.52. The molecule has 3 saturated heterocycles. The minimum Gasteiger partial charge on any atom is -0.368 e. The third-order valence-electron chi connectivity index (χ3n) is 8.02. The van der Waals surface area contributed by atoms with Crippen molar-refractivity contribution in [1.29, 1.82) is 0 Å². The Hall–Kier alpha value is -2.54. The van der Waals surface area contributed by atoms with E-state index in [2.05, 4.69) is 61.8 Å². The van der Waals surface area contributed by atoms with E-state index >= 15 is 0 Å². The lowest BCUT2D eigenvalue weighted by atomic mass is 9.95. The Labute approximate surface area is 214 Å². The van der Waals surface area contributed by atoms with Crippen LogP contribution in [-0.2, 0) is 4.79 Å². The van der Waals surface area contributed by atoms with Gasteiger partial charge in [-0.2, -0.15) is 0 Å². The van der Waals surface area contributed by atoms with E-state index in [1.54, 1.807) is 0 Å². The number of benzene rings is 1. The summed E-state index contributed by atoms with van der Waals surface area (Å²) in [5, 5.41) is 9.81. The topological polar surface area (TPSA) is 55.8 Å². The molecule has 1 aromatic heterocycles. The van der Waals surface area contributed by atoms with Crippen LogP contribution in [0, 0.1) is 18.8 Å². The summed E-state index contributed by atoms with van der Waals surface area (Å²) in [4.78, 5) is 22.3. The second-order valence-corrected chi connectivity index (χ2v) is 10.9. The minimum absolute atomic E-state index is 0.105. The van der Waals surface area contributed by atoms with Crippen LogP contribution in [0.2, 0.25) is 5.02 Å². The van der Waals surface area contributed by atoms with Crippen LogP contribution in [0.5, 0.6) is 0 Å². The monoisotopic (exact) mass is 496 g/mol. The molecule has 0 unspecified atom stereocenters. The molecule has 8 heteroatoms. The van der Waals surface area contributed by atoms with Crippen molar-refractivity contribution in [3.05, 3.63) is 40.9 Å². The Bertz CT molecular complexity index is 1010. The minimum atomic E-state index is 0.105. The van der Waals surface area contributed by atoms with Crippen LogP contribution in [-0.4, -0.2) is 73.4 Å².